The quantitative estimate of drug-likeness (QED) is 0.859. The van der Waals surface area contributed by atoms with Crippen LogP contribution >= 0.6 is 23.4 Å². The van der Waals surface area contributed by atoms with Crippen molar-refractivity contribution in [1.29, 1.82) is 0 Å². The number of aromatic nitrogens is 2. The molecule has 1 aromatic rings. The van der Waals surface area contributed by atoms with E-state index in [-0.39, 0.29) is 11.9 Å². The summed E-state index contributed by atoms with van der Waals surface area (Å²) in [5, 5.41) is 3.02. The summed E-state index contributed by atoms with van der Waals surface area (Å²) in [4.78, 5) is 19.6. The van der Waals surface area contributed by atoms with Crippen LogP contribution in [0.25, 0.3) is 0 Å². The normalized spacial score (nSPS) is 16.8. The number of thioether (sulfide) groups is 1. The van der Waals surface area contributed by atoms with E-state index < -0.39 is 0 Å². The molecular formula is C11H14ClN3OS. The second-order valence-corrected chi connectivity index (χ2v) is 5.62. The van der Waals surface area contributed by atoms with Crippen molar-refractivity contribution < 1.29 is 4.79 Å². The second-order valence-electron chi connectivity index (χ2n) is 4.01. The Labute approximate surface area is 110 Å². The van der Waals surface area contributed by atoms with E-state index in [4.69, 9.17) is 11.6 Å². The van der Waals surface area contributed by atoms with Gasteiger partial charge in [-0.3, -0.25) is 10.1 Å². The van der Waals surface area contributed by atoms with Crippen LogP contribution in [-0.2, 0) is 4.79 Å². The van der Waals surface area contributed by atoms with Gasteiger partial charge in [0.05, 0.1) is 0 Å². The second kappa shape index (κ2) is 6.21. The number of amides is 1. The van der Waals surface area contributed by atoms with Gasteiger partial charge in [0.2, 0.25) is 11.9 Å². The van der Waals surface area contributed by atoms with Crippen LogP contribution < -0.4 is 5.32 Å². The van der Waals surface area contributed by atoms with E-state index in [0.717, 1.165) is 24.3 Å². The average molecular weight is 272 g/mol. The molecule has 92 valence electrons. The zero-order valence-corrected chi connectivity index (χ0v) is 10.9. The van der Waals surface area contributed by atoms with Gasteiger partial charge >= 0.3 is 0 Å². The molecule has 0 bridgehead atoms. The highest BCUT2D eigenvalue weighted by Crippen LogP contribution is 2.25. The number of rotatable bonds is 3. The summed E-state index contributed by atoms with van der Waals surface area (Å²) in [6, 6.07) is 1.58. The molecule has 0 aromatic carbocycles. The molecule has 2 rings (SSSR count). The lowest BCUT2D eigenvalue weighted by molar-refractivity contribution is -0.117. The van der Waals surface area contributed by atoms with Gasteiger partial charge in [-0.25, -0.2) is 9.97 Å². The number of carbonyl (C=O) groups is 1. The van der Waals surface area contributed by atoms with Gasteiger partial charge in [-0.15, -0.1) is 0 Å². The highest BCUT2D eigenvalue weighted by Gasteiger charge is 2.17. The predicted molar refractivity (Wildman–Crippen MR) is 70.3 cm³/mol. The van der Waals surface area contributed by atoms with Crippen molar-refractivity contribution in [3.8, 4) is 0 Å². The van der Waals surface area contributed by atoms with Crippen molar-refractivity contribution in [3.63, 3.8) is 0 Å². The van der Waals surface area contributed by atoms with E-state index in [2.05, 4.69) is 15.3 Å². The molecule has 0 aliphatic carbocycles. The molecule has 1 N–H and O–H groups in total. The Morgan fingerprint density at radius 1 is 1.53 bits per heavy atom. The van der Waals surface area contributed by atoms with Crippen LogP contribution in [-0.4, -0.2) is 27.4 Å². The Hall–Kier alpha value is -0.810. The predicted octanol–water partition coefficient (Wildman–Crippen LogP) is 2.60. The summed E-state index contributed by atoms with van der Waals surface area (Å²) in [5.74, 6) is 3.07. The zero-order chi connectivity index (χ0) is 12.1. The first-order chi connectivity index (χ1) is 8.24. The third-order valence-corrected chi connectivity index (χ3v) is 3.95. The van der Waals surface area contributed by atoms with Crippen molar-refractivity contribution in [3.05, 3.63) is 17.4 Å². The molecule has 1 aliphatic heterocycles. The van der Waals surface area contributed by atoms with Crippen LogP contribution in [0.5, 0.6) is 0 Å². The summed E-state index contributed by atoms with van der Waals surface area (Å²) < 4.78 is 0. The van der Waals surface area contributed by atoms with E-state index in [9.17, 15) is 4.79 Å². The summed E-state index contributed by atoms with van der Waals surface area (Å²) in [5.41, 5.74) is 0. The maximum absolute atomic E-state index is 11.8. The van der Waals surface area contributed by atoms with Crippen LogP contribution in [0.1, 0.15) is 19.3 Å². The first-order valence-corrected chi connectivity index (χ1v) is 7.13. The fourth-order valence-corrected chi connectivity index (χ4v) is 3.13. The van der Waals surface area contributed by atoms with Gasteiger partial charge in [-0.05, 0) is 36.3 Å². The summed E-state index contributed by atoms with van der Waals surface area (Å²) in [7, 11) is 0. The van der Waals surface area contributed by atoms with Crippen LogP contribution in [0.2, 0.25) is 5.15 Å². The van der Waals surface area contributed by atoms with Crippen LogP contribution in [0.4, 0.5) is 5.95 Å². The topological polar surface area (TPSA) is 54.9 Å². The fraction of sp³-hybridized carbons (Fsp3) is 0.545. The average Bonchev–Trinajstić information content (AvgIpc) is 2.30. The summed E-state index contributed by atoms with van der Waals surface area (Å²) in [6.07, 6.45) is 4.32. The Morgan fingerprint density at radius 2 is 2.29 bits per heavy atom. The molecule has 1 saturated heterocycles. The molecule has 1 aromatic heterocycles. The van der Waals surface area contributed by atoms with Gasteiger partial charge < -0.3 is 0 Å². The van der Waals surface area contributed by atoms with E-state index in [0.29, 0.717) is 17.5 Å². The van der Waals surface area contributed by atoms with Crippen molar-refractivity contribution in [2.45, 2.75) is 19.3 Å². The first-order valence-electron chi connectivity index (χ1n) is 5.60. The number of nitrogens with one attached hydrogen (secondary N) is 1. The standard InChI is InChI=1S/C11H14ClN3OS/c12-9-1-4-13-11(14-9)15-10(16)7-8-2-5-17-6-3-8/h1,4,8H,2-3,5-7H2,(H,13,14,15,16). The molecule has 1 aliphatic rings. The lowest BCUT2D eigenvalue weighted by Gasteiger charge is -2.20. The van der Waals surface area contributed by atoms with E-state index >= 15 is 0 Å². The monoisotopic (exact) mass is 271 g/mol. The van der Waals surface area contributed by atoms with E-state index in [1.165, 1.54) is 6.20 Å². The number of carbonyl (C=O) groups excluding carboxylic acids is 1. The molecule has 0 unspecified atom stereocenters. The molecule has 1 amide bonds. The Balaban J connectivity index is 1.84. The number of nitrogens with zero attached hydrogens (tertiary/aromatic N) is 2. The zero-order valence-electron chi connectivity index (χ0n) is 9.36. The number of hydrogen-bond acceptors (Lipinski definition) is 4. The maximum atomic E-state index is 11.8. The van der Waals surface area contributed by atoms with Crippen LogP contribution in [0, 0.1) is 5.92 Å². The molecule has 1 fully saturated rings. The molecular weight excluding hydrogens is 258 g/mol. The van der Waals surface area contributed by atoms with Gasteiger partial charge in [0.25, 0.3) is 0 Å². The van der Waals surface area contributed by atoms with Gasteiger partial charge in [-0.1, -0.05) is 11.6 Å². The van der Waals surface area contributed by atoms with Gasteiger partial charge in [0, 0.05) is 12.6 Å². The molecule has 17 heavy (non-hydrogen) atoms. The molecule has 6 heteroatoms. The SMILES string of the molecule is O=C(CC1CCSCC1)Nc1nccc(Cl)n1. The maximum Gasteiger partial charge on any atom is 0.230 e. The minimum absolute atomic E-state index is 0.0239. The third-order valence-electron chi connectivity index (χ3n) is 2.69. The largest absolute Gasteiger partial charge is 0.294 e. The Morgan fingerprint density at radius 3 is 3.00 bits per heavy atom. The molecule has 4 nitrogen and oxygen atoms in total. The molecule has 0 atom stereocenters. The smallest absolute Gasteiger partial charge is 0.230 e. The van der Waals surface area contributed by atoms with E-state index in [1.807, 2.05) is 11.8 Å². The fourth-order valence-electron chi connectivity index (χ4n) is 1.79. The number of anilines is 1. The van der Waals surface area contributed by atoms with Crippen LogP contribution in [0.3, 0.4) is 0 Å². The minimum Gasteiger partial charge on any atom is -0.294 e. The summed E-state index contributed by atoms with van der Waals surface area (Å²) in [6.45, 7) is 0. The van der Waals surface area contributed by atoms with Gasteiger partial charge in [0.15, 0.2) is 0 Å². The van der Waals surface area contributed by atoms with Gasteiger partial charge in [-0.2, -0.15) is 11.8 Å². The molecule has 0 radical (unpaired) electrons. The van der Waals surface area contributed by atoms with Crippen LogP contribution in [0.15, 0.2) is 12.3 Å². The Kier molecular flexibility index (Phi) is 4.62. The minimum atomic E-state index is -0.0239. The lowest BCUT2D eigenvalue weighted by atomic mass is 9.98. The highest BCUT2D eigenvalue weighted by molar-refractivity contribution is 7.99. The Bertz CT molecular complexity index is 396. The molecule has 0 spiro atoms. The first kappa shape index (κ1) is 12.6. The lowest BCUT2D eigenvalue weighted by Crippen LogP contribution is -2.20. The van der Waals surface area contributed by atoms with Crippen molar-refractivity contribution in [2.75, 3.05) is 16.8 Å². The molecule has 0 saturated carbocycles. The molecule has 2 heterocycles. The number of halogens is 1. The van der Waals surface area contributed by atoms with Crippen molar-refractivity contribution >= 4 is 35.2 Å². The third kappa shape index (κ3) is 4.16. The van der Waals surface area contributed by atoms with E-state index in [1.54, 1.807) is 6.07 Å². The highest BCUT2D eigenvalue weighted by atomic mass is 35.5. The van der Waals surface area contributed by atoms with Gasteiger partial charge in [0.1, 0.15) is 5.15 Å². The summed E-state index contributed by atoms with van der Waals surface area (Å²) >= 11 is 7.67. The number of hydrogen-bond donors (Lipinski definition) is 1. The van der Waals surface area contributed by atoms with Crippen molar-refractivity contribution in [1.82, 2.24) is 9.97 Å². The van der Waals surface area contributed by atoms with Crippen molar-refractivity contribution in [2.24, 2.45) is 5.92 Å².